The molecule has 1 aromatic carbocycles. The molecule has 0 amide bonds. The van der Waals surface area contributed by atoms with Gasteiger partial charge in [-0.05, 0) is 12.1 Å². The van der Waals surface area contributed by atoms with E-state index in [0.717, 1.165) is 0 Å². The van der Waals surface area contributed by atoms with E-state index in [0.29, 0.717) is 0 Å². The zero-order valence-corrected chi connectivity index (χ0v) is 7.57. The Kier molecular flexibility index (Phi) is 2.09. The molecule has 0 aliphatic heterocycles. The highest BCUT2D eigenvalue weighted by Crippen LogP contribution is 2.25. The number of nitro groups is 1. The topological polar surface area (TPSA) is 81.2 Å². The van der Waals surface area contributed by atoms with Crippen LogP contribution in [0.15, 0.2) is 36.7 Å². The van der Waals surface area contributed by atoms with E-state index in [9.17, 15) is 15.2 Å². The van der Waals surface area contributed by atoms with Crippen LogP contribution in [0.4, 0.5) is 5.69 Å². The molecule has 0 spiro atoms. The highest BCUT2D eigenvalue weighted by atomic mass is 16.6. The van der Waals surface area contributed by atoms with Crippen LogP contribution in [0.3, 0.4) is 0 Å². The quantitative estimate of drug-likeness (QED) is 0.594. The zero-order chi connectivity index (χ0) is 10.8. The first kappa shape index (κ1) is 9.20. The van der Waals surface area contributed by atoms with Crippen LogP contribution in [0.5, 0.6) is 5.75 Å². The van der Waals surface area contributed by atoms with Crippen LogP contribution in [-0.2, 0) is 0 Å². The molecular formula is C9H7N3O3. The average molecular weight is 205 g/mol. The number of aromatic nitrogens is 2. The molecule has 1 aromatic heterocycles. The fourth-order valence-electron chi connectivity index (χ4n) is 1.26. The Bertz CT molecular complexity index is 493. The van der Waals surface area contributed by atoms with E-state index >= 15 is 0 Å². The van der Waals surface area contributed by atoms with Crippen molar-refractivity contribution in [1.82, 2.24) is 9.78 Å². The second kappa shape index (κ2) is 3.41. The van der Waals surface area contributed by atoms with Crippen LogP contribution in [0.2, 0.25) is 0 Å². The Hall–Kier alpha value is -2.37. The van der Waals surface area contributed by atoms with Gasteiger partial charge in [0.05, 0.1) is 4.92 Å². The fraction of sp³-hybridized carbons (Fsp3) is 0. The van der Waals surface area contributed by atoms with E-state index in [1.165, 1.54) is 29.1 Å². The summed E-state index contributed by atoms with van der Waals surface area (Å²) in [4.78, 5) is 10.2. The molecule has 0 bridgehead atoms. The number of hydrogen-bond acceptors (Lipinski definition) is 4. The molecule has 1 N–H and O–H groups in total. The van der Waals surface area contributed by atoms with E-state index in [1.54, 1.807) is 12.3 Å². The minimum Gasteiger partial charge on any atom is -0.508 e. The molecule has 2 aromatic rings. The van der Waals surface area contributed by atoms with Crippen molar-refractivity contribution in [2.45, 2.75) is 0 Å². The smallest absolute Gasteiger partial charge is 0.295 e. The lowest BCUT2D eigenvalue weighted by Crippen LogP contribution is -2.00. The molecule has 0 aliphatic carbocycles. The third kappa shape index (κ3) is 1.64. The number of phenolic OH excluding ortho intramolecular Hbond substituents is 1. The second-order valence-electron chi connectivity index (χ2n) is 2.88. The lowest BCUT2D eigenvalue weighted by molar-refractivity contribution is -0.384. The number of nitrogens with zero attached hydrogens (tertiary/aromatic N) is 3. The first-order chi connectivity index (χ1) is 7.18. The van der Waals surface area contributed by atoms with Gasteiger partial charge < -0.3 is 5.11 Å². The highest BCUT2D eigenvalue weighted by molar-refractivity contribution is 5.55. The minimum absolute atomic E-state index is 0.0360. The van der Waals surface area contributed by atoms with Crippen LogP contribution in [0.1, 0.15) is 0 Å². The van der Waals surface area contributed by atoms with E-state index in [4.69, 9.17) is 0 Å². The maximum absolute atomic E-state index is 10.7. The van der Waals surface area contributed by atoms with E-state index < -0.39 is 4.92 Å². The summed E-state index contributed by atoms with van der Waals surface area (Å²) in [5, 5.41) is 23.8. The van der Waals surface area contributed by atoms with Gasteiger partial charge in [-0.15, -0.1) is 0 Å². The second-order valence-corrected chi connectivity index (χ2v) is 2.88. The summed E-state index contributed by atoms with van der Waals surface area (Å²) in [7, 11) is 0. The Morgan fingerprint density at radius 2 is 2.27 bits per heavy atom. The van der Waals surface area contributed by atoms with Crippen LogP contribution < -0.4 is 0 Å². The molecule has 0 radical (unpaired) electrons. The summed E-state index contributed by atoms with van der Waals surface area (Å²) < 4.78 is 1.33. The van der Waals surface area contributed by atoms with Crippen LogP contribution in [0, 0.1) is 10.1 Å². The van der Waals surface area contributed by atoms with Gasteiger partial charge in [-0.3, -0.25) is 10.1 Å². The van der Waals surface area contributed by atoms with E-state index in [1.807, 2.05) is 0 Å². The summed E-state index contributed by atoms with van der Waals surface area (Å²) in [6.45, 7) is 0. The first-order valence-corrected chi connectivity index (χ1v) is 4.16. The summed E-state index contributed by atoms with van der Waals surface area (Å²) >= 11 is 0. The van der Waals surface area contributed by atoms with Crippen molar-refractivity contribution in [3.05, 3.63) is 46.8 Å². The van der Waals surface area contributed by atoms with Gasteiger partial charge in [0.1, 0.15) is 11.4 Å². The number of aromatic hydroxyl groups is 1. The Morgan fingerprint density at radius 3 is 2.87 bits per heavy atom. The Balaban J connectivity index is 2.63. The predicted octanol–water partition coefficient (Wildman–Crippen LogP) is 1.49. The van der Waals surface area contributed by atoms with Crippen molar-refractivity contribution >= 4 is 5.69 Å². The summed E-state index contributed by atoms with van der Waals surface area (Å²) in [5.41, 5.74) is 0.140. The minimum atomic E-state index is -0.517. The van der Waals surface area contributed by atoms with Gasteiger partial charge in [-0.25, -0.2) is 4.68 Å². The van der Waals surface area contributed by atoms with Crippen LogP contribution in [0.25, 0.3) is 5.69 Å². The number of phenols is 1. The van der Waals surface area contributed by atoms with Gasteiger partial charge in [0, 0.05) is 24.5 Å². The van der Waals surface area contributed by atoms with Crippen molar-refractivity contribution in [2.24, 2.45) is 0 Å². The van der Waals surface area contributed by atoms with Crippen molar-refractivity contribution in [3.8, 4) is 11.4 Å². The summed E-state index contributed by atoms with van der Waals surface area (Å²) in [6, 6.07) is 5.45. The van der Waals surface area contributed by atoms with Gasteiger partial charge in [-0.1, -0.05) is 0 Å². The average Bonchev–Trinajstić information content (AvgIpc) is 2.69. The molecule has 0 atom stereocenters. The first-order valence-electron chi connectivity index (χ1n) is 4.16. The summed E-state index contributed by atoms with van der Waals surface area (Å²) in [6.07, 6.45) is 3.08. The molecule has 15 heavy (non-hydrogen) atoms. The Labute approximate surface area is 84.5 Å². The molecule has 0 unspecified atom stereocenters. The van der Waals surface area contributed by atoms with Gasteiger partial charge in [0.2, 0.25) is 0 Å². The Morgan fingerprint density at radius 1 is 1.47 bits per heavy atom. The molecule has 2 rings (SSSR count). The van der Waals surface area contributed by atoms with Gasteiger partial charge >= 0.3 is 0 Å². The van der Waals surface area contributed by atoms with Crippen molar-refractivity contribution < 1.29 is 10.0 Å². The monoisotopic (exact) mass is 205 g/mol. The van der Waals surface area contributed by atoms with Gasteiger partial charge in [-0.2, -0.15) is 5.10 Å². The SMILES string of the molecule is O=[N+]([O-])c1ccc(O)cc1-n1cccn1. The molecule has 0 fully saturated rings. The van der Waals surface area contributed by atoms with Crippen molar-refractivity contribution in [2.75, 3.05) is 0 Å². The standard InChI is InChI=1S/C9H7N3O3/c13-7-2-3-8(12(14)15)9(6-7)11-5-1-4-10-11/h1-6,13H. The number of hydrogen-bond donors (Lipinski definition) is 1. The van der Waals surface area contributed by atoms with Crippen LogP contribution >= 0.6 is 0 Å². The third-order valence-electron chi connectivity index (χ3n) is 1.91. The molecule has 0 aliphatic rings. The fourth-order valence-corrected chi connectivity index (χ4v) is 1.26. The molecule has 6 nitrogen and oxygen atoms in total. The highest BCUT2D eigenvalue weighted by Gasteiger charge is 2.15. The lowest BCUT2D eigenvalue weighted by Gasteiger charge is -2.02. The number of benzene rings is 1. The largest absolute Gasteiger partial charge is 0.508 e. The van der Waals surface area contributed by atoms with Crippen molar-refractivity contribution in [1.29, 1.82) is 0 Å². The van der Waals surface area contributed by atoms with Gasteiger partial charge in [0.25, 0.3) is 5.69 Å². The molecule has 0 saturated heterocycles. The predicted molar refractivity (Wildman–Crippen MR) is 51.9 cm³/mol. The van der Waals surface area contributed by atoms with E-state index in [-0.39, 0.29) is 17.1 Å². The number of nitro benzene ring substituents is 1. The maximum atomic E-state index is 10.7. The normalized spacial score (nSPS) is 10.1. The summed E-state index contributed by atoms with van der Waals surface area (Å²) in [5.74, 6) is -0.0360. The third-order valence-corrected chi connectivity index (χ3v) is 1.91. The molecule has 1 heterocycles. The molecule has 6 heteroatoms. The zero-order valence-electron chi connectivity index (χ0n) is 7.57. The number of rotatable bonds is 2. The molecule has 76 valence electrons. The molecule has 0 saturated carbocycles. The lowest BCUT2D eigenvalue weighted by atomic mass is 10.2. The maximum Gasteiger partial charge on any atom is 0.295 e. The van der Waals surface area contributed by atoms with Crippen LogP contribution in [-0.4, -0.2) is 19.8 Å². The molecular weight excluding hydrogens is 198 g/mol. The van der Waals surface area contributed by atoms with Gasteiger partial charge in [0.15, 0.2) is 0 Å². The van der Waals surface area contributed by atoms with E-state index in [2.05, 4.69) is 5.10 Å². The van der Waals surface area contributed by atoms with Crippen molar-refractivity contribution in [3.63, 3.8) is 0 Å².